The Bertz CT molecular complexity index is 738. The molecule has 1 aliphatic rings. The SMILES string of the molecule is CCc1nn2cc(-c3ccc4c(c3)CCCC4)nc2s1. The Labute approximate surface area is 122 Å². The molecule has 1 aliphatic carbocycles. The van der Waals surface area contributed by atoms with Gasteiger partial charge in [-0.25, -0.2) is 9.50 Å². The van der Waals surface area contributed by atoms with E-state index in [0.717, 1.165) is 22.1 Å². The normalized spacial score (nSPS) is 14.7. The van der Waals surface area contributed by atoms with Gasteiger partial charge in [-0.05, 0) is 49.3 Å². The van der Waals surface area contributed by atoms with Gasteiger partial charge in [0.05, 0.1) is 11.9 Å². The number of fused-ring (bicyclic) bond motifs is 2. The lowest BCUT2D eigenvalue weighted by Gasteiger charge is -2.15. The Kier molecular flexibility index (Phi) is 2.84. The first-order valence-corrected chi connectivity index (χ1v) is 8.12. The van der Waals surface area contributed by atoms with Crippen LogP contribution < -0.4 is 0 Å². The van der Waals surface area contributed by atoms with Crippen LogP contribution in [0.1, 0.15) is 35.9 Å². The van der Waals surface area contributed by atoms with Gasteiger partial charge in [0, 0.05) is 5.56 Å². The van der Waals surface area contributed by atoms with Crippen molar-refractivity contribution in [1.82, 2.24) is 14.6 Å². The van der Waals surface area contributed by atoms with E-state index < -0.39 is 0 Å². The molecule has 2 aromatic heterocycles. The third-order valence-corrected chi connectivity index (χ3v) is 5.10. The van der Waals surface area contributed by atoms with Gasteiger partial charge in [0.2, 0.25) is 4.96 Å². The van der Waals surface area contributed by atoms with Crippen molar-refractivity contribution >= 4 is 16.3 Å². The molecule has 0 radical (unpaired) electrons. The highest BCUT2D eigenvalue weighted by atomic mass is 32.1. The molecule has 3 aromatic rings. The quantitative estimate of drug-likeness (QED) is 0.714. The number of aromatic nitrogens is 3. The summed E-state index contributed by atoms with van der Waals surface area (Å²) in [5.74, 6) is 0. The Hall–Kier alpha value is -1.68. The molecule has 1 aromatic carbocycles. The summed E-state index contributed by atoms with van der Waals surface area (Å²) in [6.45, 7) is 2.13. The molecule has 4 rings (SSSR count). The van der Waals surface area contributed by atoms with E-state index in [1.807, 2.05) is 4.52 Å². The monoisotopic (exact) mass is 283 g/mol. The fourth-order valence-corrected chi connectivity index (χ4v) is 3.73. The van der Waals surface area contributed by atoms with Crippen LogP contribution >= 0.6 is 11.3 Å². The van der Waals surface area contributed by atoms with E-state index in [0.29, 0.717) is 0 Å². The van der Waals surface area contributed by atoms with Crippen LogP contribution in [-0.4, -0.2) is 14.6 Å². The molecule has 0 saturated carbocycles. The van der Waals surface area contributed by atoms with E-state index in [2.05, 4.69) is 36.4 Å². The van der Waals surface area contributed by atoms with Gasteiger partial charge < -0.3 is 0 Å². The van der Waals surface area contributed by atoms with Crippen LogP contribution in [0.4, 0.5) is 0 Å². The van der Waals surface area contributed by atoms with Gasteiger partial charge >= 0.3 is 0 Å². The molecule has 0 amide bonds. The first kappa shape index (κ1) is 12.1. The molecule has 3 nitrogen and oxygen atoms in total. The molecule has 0 fully saturated rings. The van der Waals surface area contributed by atoms with E-state index >= 15 is 0 Å². The molecule has 0 spiro atoms. The van der Waals surface area contributed by atoms with Crippen LogP contribution in [0.2, 0.25) is 0 Å². The summed E-state index contributed by atoms with van der Waals surface area (Å²) < 4.78 is 1.91. The zero-order chi connectivity index (χ0) is 13.5. The molecule has 0 atom stereocenters. The highest BCUT2D eigenvalue weighted by molar-refractivity contribution is 7.16. The lowest BCUT2D eigenvalue weighted by atomic mass is 9.90. The second-order valence-electron chi connectivity index (χ2n) is 5.39. The van der Waals surface area contributed by atoms with Crippen molar-refractivity contribution in [2.24, 2.45) is 0 Å². The molecule has 0 aliphatic heterocycles. The average molecular weight is 283 g/mol. The maximum Gasteiger partial charge on any atom is 0.212 e. The van der Waals surface area contributed by atoms with Crippen LogP contribution in [0.5, 0.6) is 0 Å². The van der Waals surface area contributed by atoms with E-state index in [1.54, 1.807) is 11.3 Å². The molecule has 0 unspecified atom stereocenters. The molecule has 0 N–H and O–H groups in total. The molecule has 0 bridgehead atoms. The highest BCUT2D eigenvalue weighted by Gasteiger charge is 2.13. The lowest BCUT2D eigenvalue weighted by Crippen LogP contribution is -2.02. The van der Waals surface area contributed by atoms with E-state index in [4.69, 9.17) is 4.98 Å². The Morgan fingerprint density at radius 1 is 1.20 bits per heavy atom. The summed E-state index contributed by atoms with van der Waals surface area (Å²) in [6, 6.07) is 6.81. The fraction of sp³-hybridized carbons (Fsp3) is 0.375. The second kappa shape index (κ2) is 4.70. The smallest absolute Gasteiger partial charge is 0.212 e. The van der Waals surface area contributed by atoms with Crippen LogP contribution in [0.15, 0.2) is 24.4 Å². The van der Waals surface area contributed by atoms with Crippen LogP contribution in [0.3, 0.4) is 0 Å². The Morgan fingerprint density at radius 3 is 2.85 bits per heavy atom. The van der Waals surface area contributed by atoms with Gasteiger partial charge in [-0.3, -0.25) is 0 Å². The highest BCUT2D eigenvalue weighted by Crippen LogP contribution is 2.28. The number of hydrogen-bond donors (Lipinski definition) is 0. The minimum Gasteiger partial charge on any atom is -0.217 e. The number of imidazole rings is 1. The summed E-state index contributed by atoms with van der Waals surface area (Å²) in [5.41, 5.74) is 5.29. The fourth-order valence-electron chi connectivity index (χ4n) is 2.92. The van der Waals surface area contributed by atoms with Crippen molar-refractivity contribution in [3.05, 3.63) is 40.5 Å². The van der Waals surface area contributed by atoms with Crippen molar-refractivity contribution in [3.8, 4) is 11.3 Å². The first-order chi connectivity index (χ1) is 9.83. The van der Waals surface area contributed by atoms with Gasteiger partial charge in [0.15, 0.2) is 0 Å². The van der Waals surface area contributed by atoms with Crippen molar-refractivity contribution in [2.45, 2.75) is 39.0 Å². The number of hydrogen-bond acceptors (Lipinski definition) is 3. The zero-order valence-electron chi connectivity index (χ0n) is 11.6. The number of aryl methyl sites for hydroxylation is 3. The lowest BCUT2D eigenvalue weighted by molar-refractivity contribution is 0.686. The molecule has 102 valence electrons. The predicted octanol–water partition coefficient (Wildman–Crippen LogP) is 3.90. The van der Waals surface area contributed by atoms with Crippen LogP contribution in [-0.2, 0) is 19.3 Å². The predicted molar refractivity (Wildman–Crippen MR) is 82.3 cm³/mol. The maximum absolute atomic E-state index is 4.72. The van der Waals surface area contributed by atoms with E-state index in [1.165, 1.54) is 42.4 Å². The van der Waals surface area contributed by atoms with E-state index in [-0.39, 0.29) is 0 Å². The maximum atomic E-state index is 4.72. The molecule has 20 heavy (non-hydrogen) atoms. The second-order valence-corrected chi connectivity index (χ2v) is 6.43. The summed E-state index contributed by atoms with van der Waals surface area (Å²) in [5, 5.41) is 5.68. The molecule has 4 heteroatoms. The standard InChI is InChI=1S/C16H17N3S/c1-2-15-18-19-10-14(17-16(19)20-15)13-8-7-11-5-3-4-6-12(11)9-13/h7-10H,2-6H2,1H3. The van der Waals surface area contributed by atoms with Gasteiger partial charge in [0.1, 0.15) is 5.01 Å². The summed E-state index contributed by atoms with van der Waals surface area (Å²) in [4.78, 5) is 5.71. The van der Waals surface area contributed by atoms with Crippen molar-refractivity contribution in [3.63, 3.8) is 0 Å². The number of nitrogens with zero attached hydrogens (tertiary/aromatic N) is 3. The van der Waals surface area contributed by atoms with Crippen molar-refractivity contribution in [2.75, 3.05) is 0 Å². The number of benzene rings is 1. The van der Waals surface area contributed by atoms with Crippen molar-refractivity contribution in [1.29, 1.82) is 0 Å². The third kappa shape index (κ3) is 1.95. The zero-order valence-corrected chi connectivity index (χ0v) is 12.4. The van der Waals surface area contributed by atoms with Crippen LogP contribution in [0, 0.1) is 0 Å². The molecule has 0 saturated heterocycles. The first-order valence-electron chi connectivity index (χ1n) is 7.31. The summed E-state index contributed by atoms with van der Waals surface area (Å²) in [6.07, 6.45) is 8.11. The number of rotatable bonds is 2. The third-order valence-electron chi connectivity index (χ3n) is 4.03. The Balaban J connectivity index is 1.76. The summed E-state index contributed by atoms with van der Waals surface area (Å²) >= 11 is 1.68. The van der Waals surface area contributed by atoms with Gasteiger partial charge in [-0.1, -0.05) is 30.4 Å². The molecular formula is C16H17N3S. The minimum atomic E-state index is 0.974. The van der Waals surface area contributed by atoms with Crippen molar-refractivity contribution < 1.29 is 0 Å². The average Bonchev–Trinajstić information content (AvgIpc) is 3.04. The van der Waals surface area contributed by atoms with Gasteiger partial charge in [-0.2, -0.15) is 5.10 Å². The minimum absolute atomic E-state index is 0.974. The Morgan fingerprint density at radius 2 is 2.05 bits per heavy atom. The largest absolute Gasteiger partial charge is 0.217 e. The van der Waals surface area contributed by atoms with Crippen LogP contribution in [0.25, 0.3) is 16.2 Å². The van der Waals surface area contributed by atoms with Gasteiger partial charge in [-0.15, -0.1) is 0 Å². The summed E-state index contributed by atoms with van der Waals surface area (Å²) in [7, 11) is 0. The molecule has 2 heterocycles. The topological polar surface area (TPSA) is 30.2 Å². The van der Waals surface area contributed by atoms with E-state index in [9.17, 15) is 0 Å². The van der Waals surface area contributed by atoms with Gasteiger partial charge in [0.25, 0.3) is 0 Å². The molecular weight excluding hydrogens is 266 g/mol.